The summed E-state index contributed by atoms with van der Waals surface area (Å²) in [6.45, 7) is 2.78. The molecular formula is C16H20N4O3S. The molecule has 2 heterocycles. The summed E-state index contributed by atoms with van der Waals surface area (Å²) in [5.41, 5.74) is 0.851. The Bertz CT molecular complexity index is 733. The number of nitrogens with one attached hydrogen (secondary N) is 3. The molecule has 0 fully saturated rings. The standard InChI is InChI=1S/C16H20N4O3S/c1-2-3-8-17-13(21)7-5-12-10-24-16(19-12)20-15(23)11-4-6-14(22)18-9-11/h4,6,9-10H,2-3,5,7-8H2,1H3,(H,17,21)(H,18,22)(H,19,20,23). The minimum Gasteiger partial charge on any atom is -0.356 e. The maximum absolute atomic E-state index is 12.0. The van der Waals surface area contributed by atoms with E-state index < -0.39 is 0 Å². The molecule has 0 atom stereocenters. The van der Waals surface area contributed by atoms with E-state index in [1.54, 1.807) is 0 Å². The van der Waals surface area contributed by atoms with Gasteiger partial charge in [-0.15, -0.1) is 11.3 Å². The van der Waals surface area contributed by atoms with Gasteiger partial charge in [0, 0.05) is 30.6 Å². The highest BCUT2D eigenvalue weighted by atomic mass is 32.1. The number of aryl methyl sites for hydroxylation is 1. The van der Waals surface area contributed by atoms with E-state index in [4.69, 9.17) is 0 Å². The van der Waals surface area contributed by atoms with E-state index in [-0.39, 0.29) is 17.4 Å². The van der Waals surface area contributed by atoms with Gasteiger partial charge in [0.1, 0.15) is 0 Å². The summed E-state index contributed by atoms with van der Waals surface area (Å²) in [7, 11) is 0. The highest BCUT2D eigenvalue weighted by Gasteiger charge is 2.10. The van der Waals surface area contributed by atoms with Gasteiger partial charge in [-0.2, -0.15) is 0 Å². The van der Waals surface area contributed by atoms with Crippen molar-refractivity contribution in [2.45, 2.75) is 32.6 Å². The average Bonchev–Trinajstić information content (AvgIpc) is 3.01. The zero-order chi connectivity index (χ0) is 17.4. The SMILES string of the molecule is CCCCNC(=O)CCc1csc(NC(=O)c2ccc(=O)[nH]c2)n1. The molecule has 0 bridgehead atoms. The third-order valence-corrected chi connectivity index (χ3v) is 4.09. The number of aromatic amines is 1. The molecule has 2 amide bonds. The van der Waals surface area contributed by atoms with Crippen LogP contribution in [0.15, 0.2) is 28.5 Å². The van der Waals surface area contributed by atoms with E-state index in [0.717, 1.165) is 18.5 Å². The number of aromatic nitrogens is 2. The highest BCUT2D eigenvalue weighted by Crippen LogP contribution is 2.17. The van der Waals surface area contributed by atoms with E-state index in [2.05, 4.69) is 27.5 Å². The number of carbonyl (C=O) groups is 2. The molecule has 0 saturated carbocycles. The van der Waals surface area contributed by atoms with Gasteiger partial charge in [-0.05, 0) is 18.9 Å². The van der Waals surface area contributed by atoms with E-state index in [9.17, 15) is 14.4 Å². The predicted molar refractivity (Wildman–Crippen MR) is 93.4 cm³/mol. The van der Waals surface area contributed by atoms with Crippen LogP contribution >= 0.6 is 11.3 Å². The van der Waals surface area contributed by atoms with Crippen LogP contribution in [0.5, 0.6) is 0 Å². The summed E-state index contributed by atoms with van der Waals surface area (Å²) in [6, 6.07) is 2.74. The van der Waals surface area contributed by atoms with Crippen LogP contribution in [0.4, 0.5) is 5.13 Å². The van der Waals surface area contributed by atoms with Crippen molar-refractivity contribution in [2.24, 2.45) is 0 Å². The van der Waals surface area contributed by atoms with Crippen molar-refractivity contribution in [3.63, 3.8) is 0 Å². The van der Waals surface area contributed by atoms with Gasteiger partial charge in [0.05, 0.1) is 11.3 Å². The molecule has 2 aromatic rings. The highest BCUT2D eigenvalue weighted by molar-refractivity contribution is 7.13. The number of anilines is 1. The number of H-pyrrole nitrogens is 1. The molecule has 0 radical (unpaired) electrons. The molecule has 0 aliphatic rings. The van der Waals surface area contributed by atoms with Crippen LogP contribution in [0.25, 0.3) is 0 Å². The summed E-state index contributed by atoms with van der Waals surface area (Å²) < 4.78 is 0. The number of unbranched alkanes of at least 4 members (excludes halogenated alkanes) is 1. The number of carbonyl (C=O) groups excluding carboxylic acids is 2. The van der Waals surface area contributed by atoms with Crippen molar-refractivity contribution in [1.82, 2.24) is 15.3 Å². The molecule has 2 rings (SSSR count). The predicted octanol–water partition coefficient (Wildman–Crippen LogP) is 1.93. The molecule has 0 aromatic carbocycles. The van der Waals surface area contributed by atoms with Gasteiger partial charge in [-0.25, -0.2) is 4.98 Å². The second kappa shape index (κ2) is 8.97. The Hall–Kier alpha value is -2.48. The number of nitrogens with zero attached hydrogens (tertiary/aromatic N) is 1. The Labute approximate surface area is 143 Å². The fraction of sp³-hybridized carbons (Fsp3) is 0.375. The van der Waals surface area contributed by atoms with Crippen LogP contribution in [-0.2, 0) is 11.2 Å². The Morgan fingerprint density at radius 3 is 2.88 bits per heavy atom. The summed E-state index contributed by atoms with van der Waals surface area (Å²) in [5, 5.41) is 7.82. The first-order valence-electron chi connectivity index (χ1n) is 7.79. The first kappa shape index (κ1) is 17.9. The lowest BCUT2D eigenvalue weighted by atomic mass is 10.2. The van der Waals surface area contributed by atoms with Crippen LogP contribution in [-0.4, -0.2) is 28.3 Å². The summed E-state index contributed by atoms with van der Waals surface area (Å²) in [5.74, 6) is -0.334. The molecule has 0 aliphatic carbocycles. The fourth-order valence-electron chi connectivity index (χ4n) is 1.93. The molecule has 7 nitrogen and oxygen atoms in total. The van der Waals surface area contributed by atoms with Crippen molar-refractivity contribution < 1.29 is 9.59 Å². The van der Waals surface area contributed by atoms with Crippen LogP contribution in [0.1, 0.15) is 42.2 Å². The molecule has 0 saturated heterocycles. The molecule has 0 aliphatic heterocycles. The second-order valence-electron chi connectivity index (χ2n) is 5.24. The monoisotopic (exact) mass is 348 g/mol. The number of thiazole rings is 1. The van der Waals surface area contributed by atoms with E-state index in [1.807, 2.05) is 5.38 Å². The van der Waals surface area contributed by atoms with Crippen LogP contribution in [0, 0.1) is 0 Å². The average molecular weight is 348 g/mol. The van der Waals surface area contributed by atoms with Crippen molar-refractivity contribution in [3.05, 3.63) is 45.3 Å². The fourth-order valence-corrected chi connectivity index (χ4v) is 2.67. The van der Waals surface area contributed by atoms with E-state index in [1.165, 1.54) is 29.7 Å². The second-order valence-corrected chi connectivity index (χ2v) is 6.10. The quantitative estimate of drug-likeness (QED) is 0.634. The first-order valence-corrected chi connectivity index (χ1v) is 8.67. The number of amides is 2. The zero-order valence-electron chi connectivity index (χ0n) is 13.4. The van der Waals surface area contributed by atoms with Crippen molar-refractivity contribution in [1.29, 1.82) is 0 Å². The summed E-state index contributed by atoms with van der Waals surface area (Å²) in [4.78, 5) is 41.4. The topological polar surface area (TPSA) is 104 Å². The van der Waals surface area contributed by atoms with E-state index in [0.29, 0.717) is 30.1 Å². The zero-order valence-corrected chi connectivity index (χ0v) is 14.2. The third kappa shape index (κ3) is 5.62. The number of rotatable bonds is 8. The Morgan fingerprint density at radius 2 is 2.17 bits per heavy atom. The summed E-state index contributed by atoms with van der Waals surface area (Å²) in [6.07, 6.45) is 4.28. The minimum atomic E-state index is -0.343. The molecule has 3 N–H and O–H groups in total. The maximum atomic E-state index is 12.0. The van der Waals surface area contributed by atoms with Gasteiger partial charge in [0.2, 0.25) is 11.5 Å². The summed E-state index contributed by atoms with van der Waals surface area (Å²) >= 11 is 1.30. The Kier molecular flexibility index (Phi) is 6.68. The number of pyridine rings is 1. The van der Waals surface area contributed by atoms with Gasteiger partial charge in [-0.1, -0.05) is 13.3 Å². The van der Waals surface area contributed by atoms with Crippen LogP contribution in [0.2, 0.25) is 0 Å². The van der Waals surface area contributed by atoms with Gasteiger partial charge in [0.25, 0.3) is 5.91 Å². The molecule has 2 aromatic heterocycles. The molecule has 128 valence electrons. The molecule has 0 spiro atoms. The number of hydrogen-bond acceptors (Lipinski definition) is 5. The lowest BCUT2D eigenvalue weighted by Gasteiger charge is -2.03. The van der Waals surface area contributed by atoms with Gasteiger partial charge >= 0.3 is 0 Å². The lowest BCUT2D eigenvalue weighted by Crippen LogP contribution is -2.24. The molecule has 8 heteroatoms. The van der Waals surface area contributed by atoms with Crippen LogP contribution < -0.4 is 16.2 Å². The third-order valence-electron chi connectivity index (χ3n) is 3.28. The van der Waals surface area contributed by atoms with E-state index >= 15 is 0 Å². The first-order chi connectivity index (χ1) is 11.6. The Balaban J connectivity index is 1.82. The van der Waals surface area contributed by atoms with Crippen molar-refractivity contribution >= 4 is 28.3 Å². The molecule has 24 heavy (non-hydrogen) atoms. The van der Waals surface area contributed by atoms with Crippen molar-refractivity contribution in [3.8, 4) is 0 Å². The minimum absolute atomic E-state index is 0.00951. The smallest absolute Gasteiger partial charge is 0.258 e. The van der Waals surface area contributed by atoms with Gasteiger partial charge in [0.15, 0.2) is 5.13 Å². The molecular weight excluding hydrogens is 328 g/mol. The Morgan fingerprint density at radius 1 is 1.33 bits per heavy atom. The maximum Gasteiger partial charge on any atom is 0.258 e. The van der Waals surface area contributed by atoms with Gasteiger partial charge in [-0.3, -0.25) is 19.7 Å². The number of hydrogen-bond donors (Lipinski definition) is 3. The molecule has 0 unspecified atom stereocenters. The largest absolute Gasteiger partial charge is 0.356 e. The normalized spacial score (nSPS) is 10.4. The lowest BCUT2D eigenvalue weighted by molar-refractivity contribution is -0.121. The van der Waals surface area contributed by atoms with Crippen LogP contribution in [0.3, 0.4) is 0 Å². The van der Waals surface area contributed by atoms with Gasteiger partial charge < -0.3 is 10.3 Å². The van der Waals surface area contributed by atoms with Crippen molar-refractivity contribution in [2.75, 3.05) is 11.9 Å².